The molecule has 6 heteroatoms. The summed E-state index contributed by atoms with van der Waals surface area (Å²) in [5, 5.41) is 5.52. The summed E-state index contributed by atoms with van der Waals surface area (Å²) in [7, 11) is 0. The normalized spacial score (nSPS) is 14.8. The largest absolute Gasteiger partial charge is 0.484 e. The second-order valence-electron chi connectivity index (χ2n) is 6.43. The summed E-state index contributed by atoms with van der Waals surface area (Å²) in [6.45, 7) is 5.28. The van der Waals surface area contributed by atoms with Gasteiger partial charge in [0.2, 0.25) is 0 Å². The number of benzene rings is 2. The van der Waals surface area contributed by atoms with Crippen molar-refractivity contribution in [3.63, 3.8) is 0 Å². The van der Waals surface area contributed by atoms with Gasteiger partial charge in [-0.15, -0.1) is 0 Å². The molecule has 0 spiro atoms. The lowest BCUT2D eigenvalue weighted by Crippen LogP contribution is -2.45. The van der Waals surface area contributed by atoms with Crippen LogP contribution in [0.5, 0.6) is 11.5 Å². The molecule has 1 aliphatic heterocycles. The summed E-state index contributed by atoms with van der Waals surface area (Å²) in [5.41, 5.74) is 1.29. The van der Waals surface area contributed by atoms with Crippen molar-refractivity contribution in [1.82, 2.24) is 0 Å². The lowest BCUT2D eigenvalue weighted by molar-refractivity contribution is -0.129. The van der Waals surface area contributed by atoms with Crippen LogP contribution < -0.4 is 20.1 Å². The average Bonchev–Trinajstić information content (AvgIpc) is 2.55. The highest BCUT2D eigenvalue weighted by atomic mass is 16.5. The van der Waals surface area contributed by atoms with E-state index in [1.807, 2.05) is 31.2 Å². The van der Waals surface area contributed by atoms with E-state index in [1.54, 1.807) is 32.0 Å². The van der Waals surface area contributed by atoms with Crippen molar-refractivity contribution in [2.24, 2.45) is 0 Å². The van der Waals surface area contributed by atoms with Gasteiger partial charge in [-0.05, 0) is 51.1 Å². The van der Waals surface area contributed by atoms with Gasteiger partial charge in [-0.3, -0.25) is 9.59 Å². The number of aryl methyl sites for hydroxylation is 1. The quantitative estimate of drug-likeness (QED) is 0.896. The maximum Gasteiger partial charge on any atom is 0.268 e. The number of nitrogens with one attached hydrogen (secondary N) is 2. The number of ether oxygens (including phenoxy) is 2. The number of anilines is 2. The van der Waals surface area contributed by atoms with Gasteiger partial charge in [-0.2, -0.15) is 0 Å². The molecule has 0 saturated carbocycles. The van der Waals surface area contributed by atoms with Gasteiger partial charge in [0.15, 0.2) is 12.2 Å². The zero-order valence-corrected chi connectivity index (χ0v) is 14.4. The first kappa shape index (κ1) is 16.8. The van der Waals surface area contributed by atoms with Crippen LogP contribution in [-0.2, 0) is 9.59 Å². The number of amides is 2. The monoisotopic (exact) mass is 340 g/mol. The molecule has 2 amide bonds. The summed E-state index contributed by atoms with van der Waals surface area (Å²) in [5.74, 6) is 0.683. The Balaban J connectivity index is 1.61. The Morgan fingerprint density at radius 3 is 2.64 bits per heavy atom. The first-order chi connectivity index (χ1) is 11.8. The van der Waals surface area contributed by atoms with Crippen molar-refractivity contribution >= 4 is 23.2 Å². The summed E-state index contributed by atoms with van der Waals surface area (Å²) >= 11 is 0. The fourth-order valence-corrected chi connectivity index (χ4v) is 2.37. The maximum atomic E-state index is 12.0. The van der Waals surface area contributed by atoms with Crippen molar-refractivity contribution in [3.05, 3.63) is 48.0 Å². The fraction of sp³-hybridized carbons (Fsp3) is 0.263. The molecule has 0 atom stereocenters. The van der Waals surface area contributed by atoms with E-state index in [9.17, 15) is 9.59 Å². The van der Waals surface area contributed by atoms with Gasteiger partial charge in [-0.25, -0.2) is 0 Å². The van der Waals surface area contributed by atoms with Crippen LogP contribution >= 0.6 is 0 Å². The minimum absolute atomic E-state index is 0.101. The van der Waals surface area contributed by atoms with Crippen molar-refractivity contribution in [2.45, 2.75) is 26.4 Å². The first-order valence-corrected chi connectivity index (χ1v) is 7.97. The van der Waals surface area contributed by atoms with Gasteiger partial charge >= 0.3 is 0 Å². The second-order valence-corrected chi connectivity index (χ2v) is 6.43. The van der Waals surface area contributed by atoms with E-state index in [0.717, 1.165) is 5.56 Å². The van der Waals surface area contributed by atoms with E-state index in [2.05, 4.69) is 10.6 Å². The highest BCUT2D eigenvalue weighted by molar-refractivity contribution is 6.01. The zero-order valence-electron chi connectivity index (χ0n) is 14.4. The zero-order chi connectivity index (χ0) is 18.0. The summed E-state index contributed by atoms with van der Waals surface area (Å²) in [4.78, 5) is 24.0. The molecule has 3 rings (SSSR count). The van der Waals surface area contributed by atoms with Crippen molar-refractivity contribution < 1.29 is 19.1 Å². The molecule has 2 aromatic carbocycles. The van der Waals surface area contributed by atoms with Crippen LogP contribution in [-0.4, -0.2) is 24.0 Å². The third kappa shape index (κ3) is 3.91. The smallest absolute Gasteiger partial charge is 0.268 e. The Morgan fingerprint density at radius 2 is 1.92 bits per heavy atom. The summed E-state index contributed by atoms with van der Waals surface area (Å²) in [6, 6.07) is 12.6. The maximum absolute atomic E-state index is 12.0. The van der Waals surface area contributed by atoms with Crippen molar-refractivity contribution in [1.29, 1.82) is 0 Å². The molecule has 0 unspecified atom stereocenters. The van der Waals surface area contributed by atoms with Crippen LogP contribution in [0.2, 0.25) is 0 Å². The molecule has 6 nitrogen and oxygen atoms in total. The number of fused-ring (bicyclic) bond motifs is 1. The van der Waals surface area contributed by atoms with Gasteiger partial charge in [0.25, 0.3) is 11.8 Å². The Hall–Kier alpha value is -3.02. The summed E-state index contributed by atoms with van der Waals surface area (Å²) < 4.78 is 11.1. The van der Waals surface area contributed by atoms with Crippen LogP contribution in [0, 0.1) is 6.92 Å². The molecule has 0 radical (unpaired) electrons. The first-order valence-electron chi connectivity index (χ1n) is 7.97. The molecule has 130 valence electrons. The molecule has 1 heterocycles. The van der Waals surface area contributed by atoms with Crippen LogP contribution in [0.25, 0.3) is 0 Å². The van der Waals surface area contributed by atoms with E-state index >= 15 is 0 Å². The molecule has 2 aromatic rings. The molecule has 1 aliphatic rings. The number of carbonyl (C=O) groups excluding carboxylic acids is 2. The van der Waals surface area contributed by atoms with Crippen molar-refractivity contribution in [3.8, 4) is 11.5 Å². The number of hydrogen-bond donors (Lipinski definition) is 2. The van der Waals surface area contributed by atoms with Crippen LogP contribution in [0.1, 0.15) is 19.4 Å². The van der Waals surface area contributed by atoms with Gasteiger partial charge in [0.1, 0.15) is 11.5 Å². The standard InChI is InChI=1S/C19H20N2O4/c1-12-4-7-14(8-5-12)24-11-17(22)20-13-6-9-16-15(10-13)21-18(23)19(2,3)25-16/h4-10H,11H2,1-3H3,(H,20,22)(H,21,23). The van der Waals surface area contributed by atoms with E-state index in [1.165, 1.54) is 0 Å². The molecular weight excluding hydrogens is 320 g/mol. The third-order valence-corrected chi connectivity index (χ3v) is 3.81. The Kier molecular flexibility index (Phi) is 4.35. The minimum atomic E-state index is -0.917. The molecule has 0 fully saturated rings. The summed E-state index contributed by atoms with van der Waals surface area (Å²) in [6.07, 6.45) is 0. The van der Waals surface area contributed by atoms with Gasteiger partial charge in [0.05, 0.1) is 5.69 Å². The molecule has 2 N–H and O–H groups in total. The predicted octanol–water partition coefficient (Wildman–Crippen LogP) is 3.12. The topological polar surface area (TPSA) is 76.7 Å². The van der Waals surface area contributed by atoms with Crippen LogP contribution in [0.15, 0.2) is 42.5 Å². The van der Waals surface area contributed by atoms with Gasteiger partial charge in [-0.1, -0.05) is 17.7 Å². The number of hydrogen-bond acceptors (Lipinski definition) is 4. The molecule has 0 saturated heterocycles. The van der Waals surface area contributed by atoms with E-state index < -0.39 is 5.60 Å². The molecule has 0 aromatic heterocycles. The lowest BCUT2D eigenvalue weighted by atomic mass is 10.1. The van der Waals surface area contributed by atoms with Crippen LogP contribution in [0.4, 0.5) is 11.4 Å². The third-order valence-electron chi connectivity index (χ3n) is 3.81. The van der Waals surface area contributed by atoms with E-state index in [0.29, 0.717) is 22.9 Å². The van der Waals surface area contributed by atoms with Crippen molar-refractivity contribution in [2.75, 3.05) is 17.2 Å². The second kappa shape index (κ2) is 6.47. The fourth-order valence-electron chi connectivity index (χ4n) is 2.37. The Labute approximate surface area is 146 Å². The molecule has 0 aliphatic carbocycles. The minimum Gasteiger partial charge on any atom is -0.484 e. The van der Waals surface area contributed by atoms with Gasteiger partial charge < -0.3 is 20.1 Å². The lowest BCUT2D eigenvalue weighted by Gasteiger charge is -2.31. The molecular formula is C19H20N2O4. The Bertz CT molecular complexity index is 813. The SMILES string of the molecule is Cc1ccc(OCC(=O)Nc2ccc3c(c2)NC(=O)C(C)(C)O3)cc1. The van der Waals surface area contributed by atoms with Crippen LogP contribution in [0.3, 0.4) is 0 Å². The molecule has 25 heavy (non-hydrogen) atoms. The predicted molar refractivity (Wildman–Crippen MR) is 95.1 cm³/mol. The van der Waals surface area contributed by atoms with E-state index in [-0.39, 0.29) is 18.4 Å². The highest BCUT2D eigenvalue weighted by Gasteiger charge is 2.35. The van der Waals surface area contributed by atoms with Gasteiger partial charge in [0, 0.05) is 5.69 Å². The average molecular weight is 340 g/mol. The van der Waals surface area contributed by atoms with E-state index in [4.69, 9.17) is 9.47 Å². The molecule has 0 bridgehead atoms. The Morgan fingerprint density at radius 1 is 1.20 bits per heavy atom. The number of carbonyl (C=O) groups is 2. The number of rotatable bonds is 4. The highest BCUT2D eigenvalue weighted by Crippen LogP contribution is 2.35.